The van der Waals surface area contributed by atoms with Crippen LogP contribution in [-0.4, -0.2) is 23.5 Å². The van der Waals surface area contributed by atoms with Crippen molar-refractivity contribution in [3.63, 3.8) is 0 Å². The average molecular weight is 700 g/mol. The lowest BCUT2D eigenvalue weighted by Gasteiger charge is -2.16. The number of para-hydroxylation sites is 4. The minimum absolute atomic E-state index is 0.821. The van der Waals surface area contributed by atoms with Crippen LogP contribution in [-0.2, 0) is 0 Å². The molecule has 55 heavy (non-hydrogen) atoms. The molecule has 4 heterocycles. The maximum absolute atomic E-state index is 5.47. The molecule has 0 aliphatic carbocycles. The number of nitrogens with zero attached hydrogens (tertiary/aromatic N) is 5. The standard InChI is InChI=1S/C50H29N5/c1-3-15-32-30(13-1)25-27-43-46(32)47-33-16-4-2-14-31(33)26-28-44(47)53(43)45-29-38-35-18-8-11-23-41(35)54(48(38)36-19-6-5-17-34(36)45)50-52-39-21-9-7-20-37(39)49-51-40-22-10-12-24-42(40)55(49)50/h1-29H. The minimum atomic E-state index is 0.821. The SMILES string of the molecule is c1ccc2c(c1)ccc1c2c2c3ccccc3ccc2n1-c1cc2c3ccccc3n(-c3nc4ccccc4c4nc5ccccc5n34)c2c2ccccc12. The van der Waals surface area contributed by atoms with Gasteiger partial charge in [-0.05, 0) is 70.1 Å². The van der Waals surface area contributed by atoms with Crippen LogP contribution in [0.4, 0.5) is 0 Å². The zero-order valence-electron chi connectivity index (χ0n) is 29.5. The molecule has 0 aliphatic rings. The topological polar surface area (TPSA) is 40.0 Å². The van der Waals surface area contributed by atoms with Crippen LogP contribution in [0.5, 0.6) is 0 Å². The first kappa shape index (κ1) is 29.0. The highest BCUT2D eigenvalue weighted by Crippen LogP contribution is 2.45. The van der Waals surface area contributed by atoms with E-state index < -0.39 is 0 Å². The molecule has 0 saturated heterocycles. The molecule has 13 rings (SSSR count). The molecule has 0 amide bonds. The molecule has 0 N–H and O–H groups in total. The van der Waals surface area contributed by atoms with E-state index in [2.05, 4.69) is 189 Å². The first-order chi connectivity index (χ1) is 27.3. The number of hydrogen-bond acceptors (Lipinski definition) is 2. The summed E-state index contributed by atoms with van der Waals surface area (Å²) >= 11 is 0. The van der Waals surface area contributed by atoms with E-state index >= 15 is 0 Å². The third-order valence-electron chi connectivity index (χ3n) is 11.8. The van der Waals surface area contributed by atoms with E-state index in [0.717, 1.165) is 55.6 Å². The Balaban J connectivity index is 1.24. The highest BCUT2D eigenvalue weighted by atomic mass is 15.2. The maximum atomic E-state index is 5.47. The lowest BCUT2D eigenvalue weighted by molar-refractivity contribution is 0.981. The second-order valence-corrected chi connectivity index (χ2v) is 14.6. The van der Waals surface area contributed by atoms with Crippen LogP contribution in [0, 0.1) is 0 Å². The van der Waals surface area contributed by atoms with Gasteiger partial charge >= 0.3 is 0 Å². The van der Waals surface area contributed by atoms with Crippen molar-refractivity contribution in [3.8, 4) is 11.6 Å². The number of benzene rings is 9. The zero-order valence-corrected chi connectivity index (χ0v) is 29.5. The molecule has 4 aromatic heterocycles. The third kappa shape index (κ3) is 3.76. The van der Waals surface area contributed by atoms with Crippen molar-refractivity contribution in [2.24, 2.45) is 0 Å². The molecular formula is C50H29N5. The lowest BCUT2D eigenvalue weighted by atomic mass is 10.00. The molecule has 9 aromatic carbocycles. The molecule has 0 radical (unpaired) electrons. The summed E-state index contributed by atoms with van der Waals surface area (Å²) in [5, 5.41) is 13.3. The maximum Gasteiger partial charge on any atom is 0.221 e. The Kier molecular flexibility index (Phi) is 5.57. The number of imidazole rings is 1. The monoisotopic (exact) mass is 699 g/mol. The van der Waals surface area contributed by atoms with Gasteiger partial charge in [0.15, 0.2) is 0 Å². The molecule has 5 nitrogen and oxygen atoms in total. The van der Waals surface area contributed by atoms with Crippen molar-refractivity contribution in [1.82, 2.24) is 23.5 Å². The molecule has 0 fully saturated rings. The van der Waals surface area contributed by atoms with Gasteiger partial charge in [0, 0.05) is 37.7 Å². The third-order valence-corrected chi connectivity index (χ3v) is 11.8. The van der Waals surface area contributed by atoms with Crippen LogP contribution in [0.15, 0.2) is 176 Å². The fraction of sp³-hybridized carbons (Fsp3) is 0. The van der Waals surface area contributed by atoms with E-state index in [1.54, 1.807) is 0 Å². The first-order valence-electron chi connectivity index (χ1n) is 18.8. The molecule has 0 saturated carbocycles. The smallest absolute Gasteiger partial charge is 0.221 e. The molecular weight excluding hydrogens is 671 g/mol. The van der Waals surface area contributed by atoms with Crippen LogP contribution in [0.2, 0.25) is 0 Å². The Labute approximate surface area is 313 Å². The molecule has 0 atom stereocenters. The van der Waals surface area contributed by atoms with Gasteiger partial charge in [0.05, 0.1) is 44.3 Å². The van der Waals surface area contributed by atoms with Crippen molar-refractivity contribution in [3.05, 3.63) is 176 Å². The normalized spacial score (nSPS) is 12.4. The second-order valence-electron chi connectivity index (χ2n) is 14.6. The summed E-state index contributed by atoms with van der Waals surface area (Å²) in [5.74, 6) is 0.821. The highest BCUT2D eigenvalue weighted by molar-refractivity contribution is 6.29. The van der Waals surface area contributed by atoms with Crippen LogP contribution in [0.3, 0.4) is 0 Å². The van der Waals surface area contributed by atoms with Crippen molar-refractivity contribution in [2.75, 3.05) is 0 Å². The summed E-state index contributed by atoms with van der Waals surface area (Å²) in [6, 6.07) is 63.5. The zero-order chi connectivity index (χ0) is 35.8. The van der Waals surface area contributed by atoms with Gasteiger partial charge in [-0.1, -0.05) is 127 Å². The average Bonchev–Trinajstić information content (AvgIpc) is 3.92. The number of fused-ring (bicyclic) bond motifs is 17. The summed E-state index contributed by atoms with van der Waals surface area (Å²) in [6.45, 7) is 0. The fourth-order valence-electron chi connectivity index (χ4n) is 9.48. The van der Waals surface area contributed by atoms with Gasteiger partial charge in [0.25, 0.3) is 0 Å². The summed E-state index contributed by atoms with van der Waals surface area (Å²) < 4.78 is 7.12. The summed E-state index contributed by atoms with van der Waals surface area (Å²) in [5.41, 5.74) is 9.56. The van der Waals surface area contributed by atoms with Gasteiger partial charge in [-0.25, -0.2) is 9.97 Å². The Morgan fingerprint density at radius 2 is 0.891 bits per heavy atom. The minimum Gasteiger partial charge on any atom is -0.309 e. The number of hydrogen-bond donors (Lipinski definition) is 0. The van der Waals surface area contributed by atoms with Gasteiger partial charge in [0.2, 0.25) is 5.95 Å². The van der Waals surface area contributed by atoms with E-state index in [4.69, 9.17) is 9.97 Å². The highest BCUT2D eigenvalue weighted by Gasteiger charge is 2.24. The Morgan fingerprint density at radius 1 is 0.345 bits per heavy atom. The van der Waals surface area contributed by atoms with Crippen molar-refractivity contribution >= 4 is 104 Å². The van der Waals surface area contributed by atoms with Crippen LogP contribution >= 0.6 is 0 Å². The predicted molar refractivity (Wildman–Crippen MR) is 229 cm³/mol. The van der Waals surface area contributed by atoms with Gasteiger partial charge in [-0.3, -0.25) is 8.97 Å². The van der Waals surface area contributed by atoms with Crippen LogP contribution in [0.25, 0.3) is 115 Å². The van der Waals surface area contributed by atoms with E-state index in [-0.39, 0.29) is 0 Å². The van der Waals surface area contributed by atoms with Gasteiger partial charge in [-0.15, -0.1) is 0 Å². The number of aromatic nitrogens is 5. The van der Waals surface area contributed by atoms with Crippen molar-refractivity contribution < 1.29 is 0 Å². The van der Waals surface area contributed by atoms with Gasteiger partial charge < -0.3 is 4.57 Å². The fourth-order valence-corrected chi connectivity index (χ4v) is 9.48. The van der Waals surface area contributed by atoms with E-state index in [9.17, 15) is 0 Å². The molecule has 5 heteroatoms. The molecule has 0 aliphatic heterocycles. The lowest BCUT2D eigenvalue weighted by Crippen LogP contribution is -2.07. The van der Waals surface area contributed by atoms with Gasteiger partial charge in [-0.2, -0.15) is 0 Å². The predicted octanol–water partition coefficient (Wildman–Crippen LogP) is 12.7. The largest absolute Gasteiger partial charge is 0.309 e. The summed E-state index contributed by atoms with van der Waals surface area (Å²) in [7, 11) is 0. The van der Waals surface area contributed by atoms with E-state index in [1.807, 2.05) is 0 Å². The van der Waals surface area contributed by atoms with E-state index in [0.29, 0.717) is 0 Å². The van der Waals surface area contributed by atoms with Crippen molar-refractivity contribution in [1.29, 1.82) is 0 Å². The number of rotatable bonds is 2. The molecule has 0 bridgehead atoms. The quantitative estimate of drug-likeness (QED) is 0.180. The Bertz CT molecular complexity index is 3690. The molecule has 0 spiro atoms. The molecule has 254 valence electrons. The molecule has 0 unspecified atom stereocenters. The Morgan fingerprint density at radius 3 is 1.60 bits per heavy atom. The summed E-state index contributed by atoms with van der Waals surface area (Å²) in [4.78, 5) is 10.7. The van der Waals surface area contributed by atoms with Crippen LogP contribution < -0.4 is 0 Å². The van der Waals surface area contributed by atoms with Crippen LogP contribution in [0.1, 0.15) is 0 Å². The van der Waals surface area contributed by atoms with Gasteiger partial charge in [0.1, 0.15) is 5.65 Å². The summed E-state index contributed by atoms with van der Waals surface area (Å²) in [6.07, 6.45) is 0. The van der Waals surface area contributed by atoms with Crippen molar-refractivity contribution in [2.45, 2.75) is 0 Å². The molecule has 13 aromatic rings. The first-order valence-corrected chi connectivity index (χ1v) is 18.8. The van der Waals surface area contributed by atoms with E-state index in [1.165, 1.54) is 59.5 Å². The second kappa shape index (κ2) is 10.6. The Hall–Kier alpha value is -7.50.